The first kappa shape index (κ1) is 8.58. The third-order valence-corrected chi connectivity index (χ3v) is 1.71. The van der Waals surface area contributed by atoms with Gasteiger partial charge in [0.05, 0.1) is 0 Å². The maximum absolute atomic E-state index is 10.1. The van der Waals surface area contributed by atoms with Gasteiger partial charge in [-0.25, -0.2) is 4.21 Å². The Morgan fingerprint density at radius 1 is 1.45 bits per heavy atom. The summed E-state index contributed by atoms with van der Waals surface area (Å²) in [7, 11) is 0. The lowest BCUT2D eigenvalue weighted by Crippen LogP contribution is -1.97. The molecule has 0 aliphatic heterocycles. The van der Waals surface area contributed by atoms with Crippen LogP contribution in [0.2, 0.25) is 0 Å². The summed E-state index contributed by atoms with van der Waals surface area (Å²) in [5.74, 6) is 0.240. The molecule has 0 saturated carbocycles. The van der Waals surface area contributed by atoms with E-state index in [-0.39, 0.29) is 5.75 Å². The van der Waals surface area contributed by atoms with Gasteiger partial charge in [0.15, 0.2) is 5.75 Å². The number of hydrogen-bond donors (Lipinski definition) is 1. The maximum Gasteiger partial charge on any atom is 0.152 e. The van der Waals surface area contributed by atoms with Crippen molar-refractivity contribution in [1.82, 2.24) is 0 Å². The van der Waals surface area contributed by atoms with Gasteiger partial charge >= 0.3 is 0 Å². The minimum Gasteiger partial charge on any atom is -0.740 e. The average Bonchev–Trinajstić information content (AvgIpc) is 1.93. The van der Waals surface area contributed by atoms with Gasteiger partial charge in [-0.05, 0) is 12.1 Å². The molecule has 0 aliphatic rings. The van der Waals surface area contributed by atoms with Crippen LogP contribution in [0.25, 0.3) is 0 Å². The van der Waals surface area contributed by atoms with Crippen LogP contribution in [0.15, 0.2) is 29.2 Å². The van der Waals surface area contributed by atoms with Gasteiger partial charge in [-0.1, -0.05) is 12.1 Å². The highest BCUT2D eigenvalue weighted by Gasteiger charge is 1.96. The van der Waals surface area contributed by atoms with Gasteiger partial charge in [-0.2, -0.15) is 0 Å². The van der Waals surface area contributed by atoms with Crippen molar-refractivity contribution < 1.29 is 12.9 Å². The lowest BCUT2D eigenvalue weighted by Gasteiger charge is -2.07. The summed E-state index contributed by atoms with van der Waals surface area (Å²) in [6.45, 7) is 0. The van der Waals surface area contributed by atoms with Gasteiger partial charge in [0, 0.05) is 4.90 Å². The van der Waals surface area contributed by atoms with E-state index in [2.05, 4.69) is 16.8 Å². The molecule has 60 valence electrons. The molecule has 0 bridgehead atoms. The lowest BCUT2D eigenvalue weighted by molar-refractivity contribution is 0.436. The largest absolute Gasteiger partial charge is 0.740 e. The summed E-state index contributed by atoms with van der Waals surface area (Å²) in [6, 6.07) is 6.58. The van der Waals surface area contributed by atoms with Crippen LogP contribution in [0.1, 0.15) is 0 Å². The van der Waals surface area contributed by atoms with E-state index in [4.69, 9.17) is 0 Å². The van der Waals surface area contributed by atoms with Crippen LogP contribution in [0.3, 0.4) is 0 Å². The molecule has 0 saturated heterocycles. The molecule has 1 aromatic carbocycles. The van der Waals surface area contributed by atoms with Gasteiger partial charge < -0.3 is 8.74 Å². The molecule has 11 heavy (non-hydrogen) atoms. The van der Waals surface area contributed by atoms with Gasteiger partial charge in [0.2, 0.25) is 0 Å². The number of benzene rings is 1. The molecule has 0 N–H and O–H groups in total. The smallest absolute Gasteiger partial charge is 0.152 e. The van der Waals surface area contributed by atoms with Gasteiger partial charge in [0.25, 0.3) is 0 Å². The third-order valence-electron chi connectivity index (χ3n) is 1.02. The van der Waals surface area contributed by atoms with Crippen molar-refractivity contribution in [2.45, 2.75) is 4.90 Å². The minimum atomic E-state index is -2.53. The maximum atomic E-state index is 10.1. The van der Waals surface area contributed by atoms with E-state index >= 15 is 0 Å². The number of para-hydroxylation sites is 1. The first-order chi connectivity index (χ1) is 5.20. The van der Waals surface area contributed by atoms with Gasteiger partial charge in [0.1, 0.15) is 11.4 Å². The normalized spacial score (nSPS) is 12.5. The fraction of sp³-hybridized carbons (Fsp3) is 0. The zero-order valence-electron chi connectivity index (χ0n) is 5.39. The standard InChI is InChI=1S/C6H6O3S2/c7-11(8)9-5-3-1-2-4-6(5)10/h1-4,10H,(H,7,8)/p-1. The van der Waals surface area contributed by atoms with E-state index < -0.39 is 11.4 Å². The monoisotopic (exact) mass is 189 g/mol. The van der Waals surface area contributed by atoms with Crippen molar-refractivity contribution in [1.29, 1.82) is 0 Å². The minimum absolute atomic E-state index is 0.240. The Kier molecular flexibility index (Phi) is 2.92. The van der Waals surface area contributed by atoms with Crippen molar-refractivity contribution >= 4 is 24.0 Å². The van der Waals surface area contributed by atoms with E-state index in [1.807, 2.05) is 0 Å². The molecule has 3 nitrogen and oxygen atoms in total. The molecule has 1 unspecified atom stereocenters. The topological polar surface area (TPSA) is 49.4 Å². The van der Waals surface area contributed by atoms with Crippen LogP contribution in [-0.4, -0.2) is 8.76 Å². The SMILES string of the molecule is O=S([O-])Oc1ccccc1S. The highest BCUT2D eigenvalue weighted by molar-refractivity contribution is 7.80. The Morgan fingerprint density at radius 3 is 2.64 bits per heavy atom. The van der Waals surface area contributed by atoms with E-state index in [1.54, 1.807) is 18.2 Å². The van der Waals surface area contributed by atoms with Gasteiger partial charge in [-0.3, -0.25) is 0 Å². The molecular weight excluding hydrogens is 184 g/mol. The Hall–Kier alpha value is -0.520. The van der Waals surface area contributed by atoms with Crippen LogP contribution < -0.4 is 4.18 Å². The summed E-state index contributed by atoms with van der Waals surface area (Å²) in [5, 5.41) is 0. The second-order valence-corrected chi connectivity index (χ2v) is 2.81. The predicted octanol–water partition coefficient (Wildman–Crippen LogP) is 1.15. The molecule has 0 spiro atoms. The number of hydrogen-bond acceptors (Lipinski definition) is 4. The second kappa shape index (κ2) is 3.75. The van der Waals surface area contributed by atoms with E-state index in [1.165, 1.54) is 6.07 Å². The summed E-state index contributed by atoms with van der Waals surface area (Å²) >= 11 is 1.45. The van der Waals surface area contributed by atoms with Crippen molar-refractivity contribution in [3.8, 4) is 5.75 Å². The molecule has 0 aliphatic carbocycles. The van der Waals surface area contributed by atoms with Gasteiger partial charge in [-0.15, -0.1) is 12.6 Å². The Labute approximate surface area is 72.3 Å². The second-order valence-electron chi connectivity index (χ2n) is 1.76. The van der Waals surface area contributed by atoms with E-state index in [0.29, 0.717) is 4.90 Å². The number of rotatable bonds is 2. The summed E-state index contributed by atoms with van der Waals surface area (Å²) in [4.78, 5) is 0.497. The van der Waals surface area contributed by atoms with Crippen molar-refractivity contribution in [3.05, 3.63) is 24.3 Å². The van der Waals surface area contributed by atoms with E-state index in [9.17, 15) is 8.76 Å². The fourth-order valence-corrected chi connectivity index (χ4v) is 1.16. The van der Waals surface area contributed by atoms with E-state index in [0.717, 1.165) is 0 Å². The molecular formula is C6H5O3S2-. The molecule has 0 heterocycles. The molecule has 1 atom stereocenters. The Morgan fingerprint density at radius 2 is 2.09 bits per heavy atom. The highest BCUT2D eigenvalue weighted by atomic mass is 32.2. The number of thiol groups is 1. The van der Waals surface area contributed by atoms with Crippen LogP contribution in [0, 0.1) is 0 Å². The summed E-state index contributed by atoms with van der Waals surface area (Å²) < 4.78 is 24.5. The molecule has 0 fully saturated rings. The molecule has 1 aromatic rings. The predicted molar refractivity (Wildman–Crippen MR) is 43.2 cm³/mol. The van der Waals surface area contributed by atoms with Crippen LogP contribution >= 0.6 is 12.6 Å². The molecule has 0 amide bonds. The summed E-state index contributed by atoms with van der Waals surface area (Å²) in [6.07, 6.45) is 0. The first-order valence-electron chi connectivity index (χ1n) is 2.76. The molecule has 5 heteroatoms. The van der Waals surface area contributed by atoms with Crippen molar-refractivity contribution in [2.24, 2.45) is 0 Å². The average molecular weight is 189 g/mol. The Balaban J connectivity index is 2.86. The lowest BCUT2D eigenvalue weighted by atomic mass is 10.3. The zero-order chi connectivity index (χ0) is 8.27. The van der Waals surface area contributed by atoms with Crippen molar-refractivity contribution in [2.75, 3.05) is 0 Å². The molecule has 0 radical (unpaired) electrons. The Bertz CT molecular complexity index is 274. The zero-order valence-corrected chi connectivity index (χ0v) is 7.10. The third kappa shape index (κ3) is 2.53. The summed E-state index contributed by atoms with van der Waals surface area (Å²) in [5.41, 5.74) is 0. The molecule has 0 aromatic heterocycles. The first-order valence-corrected chi connectivity index (χ1v) is 4.20. The molecule has 1 rings (SSSR count). The quantitative estimate of drug-likeness (QED) is 0.560. The highest BCUT2D eigenvalue weighted by Crippen LogP contribution is 2.21. The van der Waals surface area contributed by atoms with Crippen LogP contribution in [-0.2, 0) is 11.4 Å². The van der Waals surface area contributed by atoms with Crippen LogP contribution in [0.5, 0.6) is 5.75 Å². The van der Waals surface area contributed by atoms with Crippen LogP contribution in [0.4, 0.5) is 0 Å². The fourth-order valence-electron chi connectivity index (χ4n) is 0.601. The van der Waals surface area contributed by atoms with Crippen molar-refractivity contribution in [3.63, 3.8) is 0 Å².